The van der Waals surface area contributed by atoms with Gasteiger partial charge in [0.25, 0.3) is 0 Å². The van der Waals surface area contributed by atoms with Crippen molar-refractivity contribution in [3.63, 3.8) is 0 Å². The van der Waals surface area contributed by atoms with E-state index in [9.17, 15) is 0 Å². The summed E-state index contributed by atoms with van der Waals surface area (Å²) in [5, 5.41) is 11.7. The maximum Gasteiger partial charge on any atom is 0.174 e. The highest BCUT2D eigenvalue weighted by Crippen LogP contribution is 2.24. The second-order valence-corrected chi connectivity index (χ2v) is 5.42. The van der Waals surface area contributed by atoms with Crippen LogP contribution in [0.25, 0.3) is 5.82 Å². The minimum atomic E-state index is 0.401. The second-order valence-electron chi connectivity index (χ2n) is 4.17. The summed E-state index contributed by atoms with van der Waals surface area (Å²) in [7, 11) is 0. The normalized spacial score (nSPS) is 10.2. The molecule has 2 rings (SSSR count). The molecule has 0 unspecified atom stereocenters. The third kappa shape index (κ3) is 3.93. The summed E-state index contributed by atoms with van der Waals surface area (Å²) >= 11 is 17.2. The third-order valence-corrected chi connectivity index (χ3v) is 3.20. The van der Waals surface area contributed by atoms with Crippen molar-refractivity contribution in [2.45, 2.75) is 6.92 Å². The zero-order chi connectivity index (χ0) is 15.4. The molecule has 21 heavy (non-hydrogen) atoms. The van der Waals surface area contributed by atoms with E-state index in [0.29, 0.717) is 33.3 Å². The molecule has 0 amide bonds. The molecule has 0 saturated heterocycles. The smallest absolute Gasteiger partial charge is 0.174 e. The SMILES string of the molecule is C=CCNC(=S)Nc1cc(C)nn1-c1ncc(Cl)cc1Cl. The van der Waals surface area contributed by atoms with Gasteiger partial charge in [-0.3, -0.25) is 0 Å². The number of hydrogen-bond acceptors (Lipinski definition) is 3. The van der Waals surface area contributed by atoms with Gasteiger partial charge in [0, 0.05) is 18.8 Å². The molecule has 8 heteroatoms. The Morgan fingerprint density at radius 3 is 2.90 bits per heavy atom. The first-order valence-corrected chi connectivity index (χ1v) is 7.21. The van der Waals surface area contributed by atoms with E-state index < -0.39 is 0 Å². The molecule has 0 bridgehead atoms. The van der Waals surface area contributed by atoms with Crippen molar-refractivity contribution in [1.29, 1.82) is 0 Å². The lowest BCUT2D eigenvalue weighted by molar-refractivity contribution is 0.839. The van der Waals surface area contributed by atoms with Crippen LogP contribution in [0.15, 0.2) is 31.0 Å². The van der Waals surface area contributed by atoms with E-state index in [4.69, 9.17) is 35.4 Å². The van der Waals surface area contributed by atoms with E-state index in [0.717, 1.165) is 5.69 Å². The van der Waals surface area contributed by atoms with Crippen LogP contribution in [0.4, 0.5) is 5.82 Å². The first-order chi connectivity index (χ1) is 10.0. The molecule has 0 aliphatic rings. The van der Waals surface area contributed by atoms with Gasteiger partial charge in [0.2, 0.25) is 0 Å². The summed E-state index contributed by atoms with van der Waals surface area (Å²) in [4.78, 5) is 4.21. The van der Waals surface area contributed by atoms with Gasteiger partial charge in [0.1, 0.15) is 5.82 Å². The second kappa shape index (κ2) is 6.89. The molecular formula is C13H13Cl2N5S. The fourth-order valence-electron chi connectivity index (χ4n) is 1.64. The number of aromatic nitrogens is 3. The number of nitrogens with zero attached hydrogens (tertiary/aromatic N) is 3. The topological polar surface area (TPSA) is 54.8 Å². The van der Waals surface area contributed by atoms with Crippen LogP contribution < -0.4 is 10.6 Å². The molecule has 110 valence electrons. The number of rotatable bonds is 4. The van der Waals surface area contributed by atoms with Gasteiger partial charge < -0.3 is 10.6 Å². The number of halogens is 2. The third-order valence-electron chi connectivity index (χ3n) is 2.47. The number of thiocarbonyl (C=S) groups is 1. The molecule has 2 aromatic rings. The van der Waals surface area contributed by atoms with Crippen LogP contribution in [0.3, 0.4) is 0 Å². The van der Waals surface area contributed by atoms with Gasteiger partial charge in [-0.1, -0.05) is 29.3 Å². The van der Waals surface area contributed by atoms with Gasteiger partial charge in [-0.05, 0) is 25.2 Å². The van der Waals surface area contributed by atoms with Crippen LogP contribution >= 0.6 is 35.4 Å². The Balaban J connectivity index is 2.32. The molecular weight excluding hydrogens is 329 g/mol. The Labute approximate surface area is 138 Å². The van der Waals surface area contributed by atoms with Crippen LogP contribution in [0.1, 0.15) is 5.69 Å². The monoisotopic (exact) mass is 341 g/mol. The summed E-state index contributed by atoms with van der Waals surface area (Å²) in [6.45, 7) is 6.06. The maximum atomic E-state index is 6.17. The van der Waals surface area contributed by atoms with Gasteiger partial charge >= 0.3 is 0 Å². The lowest BCUT2D eigenvalue weighted by Crippen LogP contribution is -2.29. The zero-order valence-electron chi connectivity index (χ0n) is 11.2. The largest absolute Gasteiger partial charge is 0.359 e. The van der Waals surface area contributed by atoms with Crippen molar-refractivity contribution >= 4 is 46.4 Å². The lowest BCUT2D eigenvalue weighted by Gasteiger charge is -2.11. The highest BCUT2D eigenvalue weighted by Gasteiger charge is 2.13. The standard InChI is InChI=1S/C13H13Cl2N5S/c1-3-4-16-13(21)18-11-5-8(2)19-20(11)12-10(15)6-9(14)7-17-12/h3,5-7H,1,4H2,2H3,(H2,16,18,21). The van der Waals surface area contributed by atoms with Crippen molar-refractivity contribution in [3.05, 3.63) is 46.7 Å². The van der Waals surface area contributed by atoms with Crippen molar-refractivity contribution in [1.82, 2.24) is 20.1 Å². The quantitative estimate of drug-likeness (QED) is 0.659. The van der Waals surface area contributed by atoms with E-state index >= 15 is 0 Å². The predicted octanol–water partition coefficient (Wildman–Crippen LogP) is 3.35. The molecule has 0 aliphatic carbocycles. The summed E-state index contributed by atoms with van der Waals surface area (Å²) in [6.07, 6.45) is 3.23. The fourth-order valence-corrected chi connectivity index (χ4v) is 2.29. The van der Waals surface area contributed by atoms with Crippen LogP contribution in [0.5, 0.6) is 0 Å². The number of hydrogen-bond donors (Lipinski definition) is 2. The lowest BCUT2D eigenvalue weighted by atomic mass is 10.4. The van der Waals surface area contributed by atoms with Crippen molar-refractivity contribution < 1.29 is 0 Å². The predicted molar refractivity (Wildman–Crippen MR) is 90.5 cm³/mol. The summed E-state index contributed by atoms with van der Waals surface area (Å²) in [6, 6.07) is 3.45. The Kier molecular flexibility index (Phi) is 5.17. The molecule has 0 fully saturated rings. The maximum absolute atomic E-state index is 6.17. The number of nitrogens with one attached hydrogen (secondary N) is 2. The number of aryl methyl sites for hydroxylation is 1. The Morgan fingerprint density at radius 1 is 1.48 bits per heavy atom. The Morgan fingerprint density at radius 2 is 2.24 bits per heavy atom. The van der Waals surface area contributed by atoms with Gasteiger partial charge in [0.05, 0.1) is 15.7 Å². The minimum absolute atomic E-state index is 0.401. The molecule has 0 saturated carbocycles. The van der Waals surface area contributed by atoms with E-state index in [1.54, 1.807) is 16.8 Å². The summed E-state index contributed by atoms with van der Waals surface area (Å²) in [5.74, 6) is 1.13. The van der Waals surface area contributed by atoms with E-state index in [-0.39, 0.29) is 0 Å². The van der Waals surface area contributed by atoms with E-state index in [2.05, 4.69) is 27.3 Å². The zero-order valence-corrected chi connectivity index (χ0v) is 13.6. The average Bonchev–Trinajstić information content (AvgIpc) is 2.77. The fraction of sp³-hybridized carbons (Fsp3) is 0.154. The molecule has 0 radical (unpaired) electrons. The van der Waals surface area contributed by atoms with Crippen LogP contribution in [0, 0.1) is 6.92 Å². The summed E-state index contributed by atoms with van der Waals surface area (Å²) < 4.78 is 1.58. The molecule has 0 aromatic carbocycles. The van der Waals surface area contributed by atoms with Crippen molar-refractivity contribution in [2.75, 3.05) is 11.9 Å². The van der Waals surface area contributed by atoms with Crippen LogP contribution in [0.2, 0.25) is 10.0 Å². The van der Waals surface area contributed by atoms with Gasteiger partial charge in [-0.2, -0.15) is 9.78 Å². The first-order valence-electron chi connectivity index (χ1n) is 6.05. The molecule has 0 atom stereocenters. The van der Waals surface area contributed by atoms with Crippen molar-refractivity contribution in [2.24, 2.45) is 0 Å². The first kappa shape index (κ1) is 15.8. The molecule has 2 N–H and O–H groups in total. The average molecular weight is 342 g/mol. The van der Waals surface area contributed by atoms with Gasteiger partial charge in [-0.25, -0.2) is 4.98 Å². The number of anilines is 1. The van der Waals surface area contributed by atoms with Gasteiger partial charge in [0.15, 0.2) is 10.9 Å². The molecule has 5 nitrogen and oxygen atoms in total. The minimum Gasteiger partial charge on any atom is -0.359 e. The van der Waals surface area contributed by atoms with E-state index in [1.165, 1.54) is 6.20 Å². The molecule has 2 aromatic heterocycles. The Hall–Kier alpha value is -1.63. The van der Waals surface area contributed by atoms with Crippen LogP contribution in [-0.4, -0.2) is 26.4 Å². The molecule has 0 spiro atoms. The molecule has 2 heterocycles. The van der Waals surface area contributed by atoms with Crippen molar-refractivity contribution in [3.8, 4) is 5.82 Å². The summed E-state index contributed by atoms with van der Waals surface area (Å²) in [5.41, 5.74) is 0.803. The van der Waals surface area contributed by atoms with Crippen LogP contribution in [-0.2, 0) is 0 Å². The highest BCUT2D eigenvalue weighted by atomic mass is 35.5. The Bertz CT molecular complexity index is 683. The van der Waals surface area contributed by atoms with Gasteiger partial charge in [-0.15, -0.1) is 6.58 Å². The highest BCUT2D eigenvalue weighted by molar-refractivity contribution is 7.80. The van der Waals surface area contributed by atoms with E-state index in [1.807, 2.05) is 13.0 Å². The number of pyridine rings is 1. The molecule has 0 aliphatic heterocycles.